The molecular formula is C12H14F3N5O. The van der Waals surface area contributed by atoms with E-state index in [1.165, 1.54) is 6.26 Å². The maximum atomic E-state index is 12.8. The van der Waals surface area contributed by atoms with Gasteiger partial charge in [0, 0.05) is 25.2 Å². The summed E-state index contributed by atoms with van der Waals surface area (Å²) in [4.78, 5) is 8.78. The average Bonchev–Trinajstić information content (AvgIpc) is 2.82. The molecule has 0 aliphatic heterocycles. The first-order valence-corrected chi connectivity index (χ1v) is 5.98. The summed E-state index contributed by atoms with van der Waals surface area (Å²) < 4.78 is 43.5. The zero-order valence-corrected chi connectivity index (χ0v) is 11.4. The lowest BCUT2D eigenvalue weighted by molar-refractivity contribution is -0.141. The quantitative estimate of drug-likeness (QED) is 0.666. The lowest BCUT2D eigenvalue weighted by atomic mass is 10.2. The fourth-order valence-corrected chi connectivity index (χ4v) is 1.75. The Kier molecular flexibility index (Phi) is 4.03. The SMILES string of the molecule is Cc1occc1CN(C)c1cc(C(F)(F)F)nc(NN)n1. The van der Waals surface area contributed by atoms with Gasteiger partial charge in [-0.2, -0.15) is 18.2 Å². The van der Waals surface area contributed by atoms with Crippen LogP contribution in [0.3, 0.4) is 0 Å². The highest BCUT2D eigenvalue weighted by Gasteiger charge is 2.34. The second kappa shape index (κ2) is 5.60. The highest BCUT2D eigenvalue weighted by atomic mass is 19.4. The molecule has 2 heterocycles. The van der Waals surface area contributed by atoms with Crippen molar-refractivity contribution >= 4 is 11.8 Å². The van der Waals surface area contributed by atoms with Gasteiger partial charge in [0.2, 0.25) is 5.95 Å². The summed E-state index contributed by atoms with van der Waals surface area (Å²) in [6.45, 7) is 2.12. The van der Waals surface area contributed by atoms with Gasteiger partial charge in [-0.3, -0.25) is 5.43 Å². The van der Waals surface area contributed by atoms with E-state index in [9.17, 15) is 13.2 Å². The Bertz CT molecular complexity index is 626. The Morgan fingerprint density at radius 1 is 1.38 bits per heavy atom. The van der Waals surface area contributed by atoms with Crippen molar-refractivity contribution in [2.24, 2.45) is 5.84 Å². The molecular weight excluding hydrogens is 287 g/mol. The first kappa shape index (κ1) is 15.1. The van der Waals surface area contributed by atoms with Gasteiger partial charge in [0.15, 0.2) is 5.69 Å². The van der Waals surface area contributed by atoms with Crippen LogP contribution in [0.2, 0.25) is 0 Å². The molecule has 0 bridgehead atoms. The van der Waals surface area contributed by atoms with Crippen LogP contribution in [-0.2, 0) is 12.7 Å². The summed E-state index contributed by atoms with van der Waals surface area (Å²) in [6.07, 6.45) is -3.05. The summed E-state index contributed by atoms with van der Waals surface area (Å²) in [5.41, 5.74) is 1.83. The largest absolute Gasteiger partial charge is 0.469 e. The highest BCUT2D eigenvalue weighted by molar-refractivity contribution is 5.45. The average molecular weight is 301 g/mol. The van der Waals surface area contributed by atoms with E-state index in [4.69, 9.17) is 10.3 Å². The van der Waals surface area contributed by atoms with Crippen molar-refractivity contribution in [2.45, 2.75) is 19.6 Å². The zero-order valence-electron chi connectivity index (χ0n) is 11.4. The van der Waals surface area contributed by atoms with Crippen molar-refractivity contribution < 1.29 is 17.6 Å². The summed E-state index contributed by atoms with van der Waals surface area (Å²) in [5.74, 6) is 5.62. The molecule has 114 valence electrons. The summed E-state index contributed by atoms with van der Waals surface area (Å²) in [6, 6.07) is 2.62. The van der Waals surface area contributed by atoms with Crippen LogP contribution in [0.15, 0.2) is 22.8 Å². The Labute approximate surface area is 118 Å². The van der Waals surface area contributed by atoms with Crippen molar-refractivity contribution in [1.29, 1.82) is 0 Å². The smallest absolute Gasteiger partial charge is 0.433 e. The van der Waals surface area contributed by atoms with E-state index in [0.717, 1.165) is 11.6 Å². The van der Waals surface area contributed by atoms with Crippen molar-refractivity contribution in [3.63, 3.8) is 0 Å². The monoisotopic (exact) mass is 301 g/mol. The van der Waals surface area contributed by atoms with Crippen LogP contribution in [0.5, 0.6) is 0 Å². The number of aromatic nitrogens is 2. The molecule has 0 saturated heterocycles. The van der Waals surface area contributed by atoms with Crippen molar-refractivity contribution in [3.8, 4) is 0 Å². The summed E-state index contributed by atoms with van der Waals surface area (Å²) in [7, 11) is 1.62. The van der Waals surface area contributed by atoms with Gasteiger partial charge in [-0.15, -0.1) is 0 Å². The summed E-state index contributed by atoms with van der Waals surface area (Å²) in [5, 5.41) is 0. The lowest BCUT2D eigenvalue weighted by Gasteiger charge is -2.19. The molecule has 0 aromatic carbocycles. The maximum Gasteiger partial charge on any atom is 0.433 e. The number of halogens is 3. The predicted octanol–water partition coefficient (Wildman–Crippen LogP) is 2.32. The van der Waals surface area contributed by atoms with E-state index >= 15 is 0 Å². The maximum absolute atomic E-state index is 12.8. The van der Waals surface area contributed by atoms with Gasteiger partial charge in [0.1, 0.15) is 11.6 Å². The van der Waals surface area contributed by atoms with E-state index in [1.807, 2.05) is 5.43 Å². The van der Waals surface area contributed by atoms with Crippen LogP contribution in [-0.4, -0.2) is 17.0 Å². The van der Waals surface area contributed by atoms with Crippen LogP contribution in [0, 0.1) is 6.92 Å². The molecule has 9 heteroatoms. The lowest BCUT2D eigenvalue weighted by Crippen LogP contribution is -2.22. The minimum Gasteiger partial charge on any atom is -0.469 e. The zero-order chi connectivity index (χ0) is 15.6. The number of nitrogens with zero attached hydrogens (tertiary/aromatic N) is 3. The predicted molar refractivity (Wildman–Crippen MR) is 70.4 cm³/mol. The van der Waals surface area contributed by atoms with Crippen molar-refractivity contribution in [3.05, 3.63) is 35.4 Å². The van der Waals surface area contributed by atoms with Gasteiger partial charge < -0.3 is 9.32 Å². The molecule has 0 spiro atoms. The second-order valence-corrected chi connectivity index (χ2v) is 4.44. The number of hydrogen-bond donors (Lipinski definition) is 2. The van der Waals surface area contributed by atoms with E-state index in [2.05, 4.69) is 9.97 Å². The number of hydrogen-bond acceptors (Lipinski definition) is 6. The number of rotatable bonds is 4. The number of hydrazine groups is 1. The third-order valence-electron chi connectivity index (χ3n) is 2.90. The number of alkyl halides is 3. The number of nitrogen functional groups attached to an aromatic ring is 1. The molecule has 0 fully saturated rings. The highest BCUT2D eigenvalue weighted by Crippen LogP contribution is 2.30. The van der Waals surface area contributed by atoms with Gasteiger partial charge in [-0.05, 0) is 13.0 Å². The van der Waals surface area contributed by atoms with Crippen LogP contribution in [0.1, 0.15) is 17.0 Å². The molecule has 3 N–H and O–H groups in total. The van der Waals surface area contributed by atoms with Crippen LogP contribution in [0.4, 0.5) is 24.9 Å². The first-order valence-electron chi connectivity index (χ1n) is 5.98. The minimum absolute atomic E-state index is 0.103. The van der Waals surface area contributed by atoms with E-state index < -0.39 is 11.9 Å². The van der Waals surface area contributed by atoms with Crippen LogP contribution in [0.25, 0.3) is 0 Å². The third-order valence-corrected chi connectivity index (χ3v) is 2.90. The molecule has 0 amide bonds. The second-order valence-electron chi connectivity index (χ2n) is 4.44. The number of nitrogens with one attached hydrogen (secondary N) is 1. The molecule has 0 radical (unpaired) electrons. The van der Waals surface area contributed by atoms with E-state index in [0.29, 0.717) is 12.3 Å². The number of furan rings is 1. The third kappa shape index (κ3) is 3.43. The molecule has 21 heavy (non-hydrogen) atoms. The molecule has 2 aromatic rings. The van der Waals surface area contributed by atoms with Crippen molar-refractivity contribution in [2.75, 3.05) is 17.4 Å². The van der Waals surface area contributed by atoms with Gasteiger partial charge in [-0.1, -0.05) is 0 Å². The Balaban J connectivity index is 2.32. The molecule has 2 rings (SSSR count). The molecule has 0 aliphatic rings. The normalized spacial score (nSPS) is 11.5. The van der Waals surface area contributed by atoms with E-state index in [1.54, 1.807) is 24.9 Å². The molecule has 0 atom stereocenters. The van der Waals surface area contributed by atoms with Gasteiger partial charge in [0.25, 0.3) is 0 Å². The topological polar surface area (TPSA) is 80.2 Å². The van der Waals surface area contributed by atoms with Gasteiger partial charge >= 0.3 is 6.18 Å². The number of aryl methyl sites for hydroxylation is 1. The fourth-order valence-electron chi connectivity index (χ4n) is 1.75. The van der Waals surface area contributed by atoms with E-state index in [-0.39, 0.29) is 11.8 Å². The first-order chi connectivity index (χ1) is 9.81. The number of anilines is 2. The standard InChI is InChI=1S/C12H14F3N5O/c1-7-8(3-4-21-7)6-20(2)10-5-9(12(13,14)15)17-11(18-10)19-16/h3-5H,6,16H2,1-2H3,(H,17,18,19). The Hall–Kier alpha value is -2.29. The number of nitrogens with two attached hydrogens (primary N) is 1. The Morgan fingerprint density at radius 2 is 2.10 bits per heavy atom. The fraction of sp³-hybridized carbons (Fsp3) is 0.333. The van der Waals surface area contributed by atoms with Gasteiger partial charge in [-0.25, -0.2) is 10.8 Å². The van der Waals surface area contributed by atoms with Crippen LogP contribution < -0.4 is 16.2 Å². The molecule has 2 aromatic heterocycles. The molecule has 0 unspecified atom stereocenters. The van der Waals surface area contributed by atoms with Crippen molar-refractivity contribution in [1.82, 2.24) is 9.97 Å². The minimum atomic E-state index is -4.57. The van der Waals surface area contributed by atoms with Gasteiger partial charge in [0.05, 0.1) is 6.26 Å². The molecule has 0 saturated carbocycles. The molecule has 6 nitrogen and oxygen atoms in total. The summed E-state index contributed by atoms with van der Waals surface area (Å²) >= 11 is 0. The molecule has 0 aliphatic carbocycles. The van der Waals surface area contributed by atoms with Crippen LogP contribution >= 0.6 is 0 Å². The Morgan fingerprint density at radius 3 is 2.62 bits per heavy atom.